The first-order chi connectivity index (χ1) is 9.29. The number of nitrogens with zero attached hydrogens (tertiary/aromatic N) is 1. The van der Waals surface area contributed by atoms with Crippen LogP contribution in [0.4, 0.5) is 18.9 Å². The predicted octanol–water partition coefficient (Wildman–Crippen LogP) is 2.87. The van der Waals surface area contributed by atoms with Gasteiger partial charge >= 0.3 is 6.18 Å². The quantitative estimate of drug-likeness (QED) is 0.894. The Balaban J connectivity index is 2.33. The van der Waals surface area contributed by atoms with Crippen LogP contribution in [0.25, 0.3) is 10.2 Å². The number of rotatable bonds is 2. The van der Waals surface area contributed by atoms with E-state index in [0.717, 1.165) is 30.2 Å². The van der Waals surface area contributed by atoms with E-state index in [4.69, 9.17) is 11.5 Å². The number of nitrogens with two attached hydrogens (primary N) is 2. The molecule has 0 spiro atoms. The van der Waals surface area contributed by atoms with Crippen molar-refractivity contribution in [2.24, 2.45) is 5.73 Å². The third kappa shape index (κ3) is 2.00. The van der Waals surface area contributed by atoms with Gasteiger partial charge in [0, 0.05) is 5.39 Å². The molecule has 20 heavy (non-hydrogen) atoms. The fraction of sp³-hybridized carbons (Fsp3) is 0.333. The minimum absolute atomic E-state index is 0.0548. The number of amides is 1. The number of hydrogen-bond donors (Lipinski definition) is 2. The van der Waals surface area contributed by atoms with Crippen LogP contribution < -0.4 is 11.5 Å². The zero-order valence-electron chi connectivity index (χ0n) is 10.1. The molecule has 2 aromatic rings. The van der Waals surface area contributed by atoms with Crippen molar-refractivity contribution in [3.8, 4) is 0 Å². The maximum atomic E-state index is 12.9. The van der Waals surface area contributed by atoms with E-state index in [0.29, 0.717) is 10.9 Å². The first kappa shape index (κ1) is 13.2. The summed E-state index contributed by atoms with van der Waals surface area (Å²) >= 11 is 0.811. The van der Waals surface area contributed by atoms with E-state index in [2.05, 4.69) is 4.98 Å². The van der Waals surface area contributed by atoms with Crippen molar-refractivity contribution in [3.63, 3.8) is 0 Å². The lowest BCUT2D eigenvalue weighted by molar-refractivity contribution is -0.141. The summed E-state index contributed by atoms with van der Waals surface area (Å²) in [5.74, 6) is -0.694. The van der Waals surface area contributed by atoms with E-state index < -0.39 is 17.8 Å². The summed E-state index contributed by atoms with van der Waals surface area (Å²) in [5.41, 5.74) is 10.7. The number of primary amides is 1. The molecule has 4 N–H and O–H groups in total. The van der Waals surface area contributed by atoms with Gasteiger partial charge < -0.3 is 11.5 Å². The number of carbonyl (C=O) groups is 1. The number of alkyl halides is 3. The summed E-state index contributed by atoms with van der Waals surface area (Å²) in [6, 6.07) is 1.04. The van der Waals surface area contributed by atoms with Crippen LogP contribution in [0, 0.1) is 0 Å². The second kappa shape index (κ2) is 4.08. The van der Waals surface area contributed by atoms with Crippen molar-refractivity contribution >= 4 is 33.1 Å². The number of pyridine rings is 1. The molecular formula is C12H10F3N3OS. The molecule has 1 saturated carbocycles. The molecule has 106 valence electrons. The van der Waals surface area contributed by atoms with Crippen LogP contribution in [-0.4, -0.2) is 10.9 Å². The summed E-state index contributed by atoms with van der Waals surface area (Å²) in [4.78, 5) is 15.0. The molecule has 0 bridgehead atoms. The first-order valence-electron chi connectivity index (χ1n) is 5.89. The molecule has 0 saturated heterocycles. The Morgan fingerprint density at radius 1 is 1.40 bits per heavy atom. The van der Waals surface area contributed by atoms with Crippen molar-refractivity contribution in [2.45, 2.75) is 24.9 Å². The highest BCUT2D eigenvalue weighted by molar-refractivity contribution is 7.21. The molecule has 2 heterocycles. The van der Waals surface area contributed by atoms with Gasteiger partial charge in [-0.2, -0.15) is 13.2 Å². The molecule has 0 radical (unpaired) electrons. The van der Waals surface area contributed by atoms with Crippen LogP contribution in [0.1, 0.15) is 39.7 Å². The minimum Gasteiger partial charge on any atom is -0.397 e. The Morgan fingerprint density at radius 2 is 2.05 bits per heavy atom. The number of nitrogen functional groups attached to an aromatic ring is 1. The highest BCUT2D eigenvalue weighted by Gasteiger charge is 2.37. The van der Waals surface area contributed by atoms with Gasteiger partial charge in [0.25, 0.3) is 5.91 Å². The molecule has 0 unspecified atom stereocenters. The summed E-state index contributed by atoms with van der Waals surface area (Å²) in [7, 11) is 0. The topological polar surface area (TPSA) is 82.0 Å². The van der Waals surface area contributed by atoms with Crippen LogP contribution in [0.5, 0.6) is 0 Å². The first-order valence-corrected chi connectivity index (χ1v) is 6.70. The second-order valence-electron chi connectivity index (χ2n) is 4.76. The van der Waals surface area contributed by atoms with E-state index in [1.54, 1.807) is 0 Å². The highest BCUT2D eigenvalue weighted by Crippen LogP contribution is 2.48. The molecule has 1 amide bonds. The largest absolute Gasteiger partial charge is 0.433 e. The molecule has 0 atom stereocenters. The van der Waals surface area contributed by atoms with Crippen molar-refractivity contribution in [1.29, 1.82) is 0 Å². The number of thiophene rings is 1. The van der Waals surface area contributed by atoms with Crippen molar-refractivity contribution in [3.05, 3.63) is 22.2 Å². The summed E-state index contributed by atoms with van der Waals surface area (Å²) < 4.78 is 38.6. The summed E-state index contributed by atoms with van der Waals surface area (Å²) in [6.45, 7) is 0. The fourth-order valence-corrected chi connectivity index (χ4v) is 3.17. The fourth-order valence-electron chi connectivity index (χ4n) is 2.19. The van der Waals surface area contributed by atoms with Gasteiger partial charge in [-0.05, 0) is 30.4 Å². The number of carbonyl (C=O) groups excluding carboxylic acids is 1. The number of hydrogen-bond acceptors (Lipinski definition) is 4. The summed E-state index contributed by atoms with van der Waals surface area (Å²) in [6.07, 6.45) is -2.89. The average molecular weight is 301 g/mol. The average Bonchev–Trinajstić information content (AvgIpc) is 3.12. The third-order valence-electron chi connectivity index (χ3n) is 3.26. The van der Waals surface area contributed by atoms with Gasteiger partial charge in [-0.25, -0.2) is 4.98 Å². The molecule has 1 aliphatic rings. The van der Waals surface area contributed by atoms with Crippen LogP contribution in [0.3, 0.4) is 0 Å². The third-order valence-corrected chi connectivity index (χ3v) is 4.37. The number of anilines is 1. The van der Waals surface area contributed by atoms with Gasteiger partial charge in [0.05, 0.1) is 5.69 Å². The van der Waals surface area contributed by atoms with Crippen molar-refractivity contribution in [2.75, 3.05) is 5.73 Å². The van der Waals surface area contributed by atoms with Gasteiger partial charge in [-0.3, -0.25) is 4.79 Å². The monoisotopic (exact) mass is 301 g/mol. The van der Waals surface area contributed by atoms with E-state index >= 15 is 0 Å². The minimum atomic E-state index is -4.52. The standard InChI is InChI=1S/C12H10F3N3OS/c13-12(14,15)6-3-5(4-1-2-4)7-8(16)9(10(17)19)20-11(7)18-6/h3-4H,1-2,16H2,(H2,17,19). The molecule has 0 aliphatic heterocycles. The van der Waals surface area contributed by atoms with Crippen LogP contribution in [-0.2, 0) is 6.18 Å². The number of fused-ring (bicyclic) bond motifs is 1. The Kier molecular flexibility index (Phi) is 2.69. The Morgan fingerprint density at radius 3 is 2.55 bits per heavy atom. The molecule has 8 heteroatoms. The smallest absolute Gasteiger partial charge is 0.397 e. The molecular weight excluding hydrogens is 291 g/mol. The zero-order chi connectivity index (χ0) is 14.7. The molecule has 0 aromatic carbocycles. The zero-order valence-corrected chi connectivity index (χ0v) is 10.9. The molecule has 4 nitrogen and oxygen atoms in total. The van der Waals surface area contributed by atoms with Gasteiger partial charge in [0.1, 0.15) is 15.4 Å². The summed E-state index contributed by atoms with van der Waals surface area (Å²) in [5, 5.41) is 0.444. The Bertz CT molecular complexity index is 719. The van der Waals surface area contributed by atoms with E-state index in [1.165, 1.54) is 0 Å². The Labute approximate surface area is 115 Å². The molecule has 3 rings (SSSR count). The van der Waals surface area contributed by atoms with E-state index in [1.807, 2.05) is 0 Å². The number of aromatic nitrogens is 1. The molecule has 2 aromatic heterocycles. The van der Waals surface area contributed by atoms with Gasteiger partial charge in [-0.15, -0.1) is 11.3 Å². The van der Waals surface area contributed by atoms with Crippen molar-refractivity contribution in [1.82, 2.24) is 4.98 Å². The van der Waals surface area contributed by atoms with E-state index in [9.17, 15) is 18.0 Å². The predicted molar refractivity (Wildman–Crippen MR) is 69.5 cm³/mol. The Hall–Kier alpha value is -1.83. The maximum absolute atomic E-state index is 12.9. The lowest BCUT2D eigenvalue weighted by Gasteiger charge is -2.09. The van der Waals surface area contributed by atoms with Gasteiger partial charge in [-0.1, -0.05) is 0 Å². The van der Waals surface area contributed by atoms with Gasteiger partial charge in [0.2, 0.25) is 0 Å². The lowest BCUT2D eigenvalue weighted by Crippen LogP contribution is -2.11. The normalized spacial score (nSPS) is 15.8. The molecule has 1 aliphatic carbocycles. The second-order valence-corrected chi connectivity index (χ2v) is 5.76. The lowest BCUT2D eigenvalue weighted by atomic mass is 10.1. The van der Waals surface area contributed by atoms with E-state index in [-0.39, 0.29) is 21.3 Å². The van der Waals surface area contributed by atoms with Crippen LogP contribution in [0.2, 0.25) is 0 Å². The van der Waals surface area contributed by atoms with Crippen LogP contribution >= 0.6 is 11.3 Å². The SMILES string of the molecule is NC(=O)c1sc2nc(C(F)(F)F)cc(C3CC3)c2c1N. The molecule has 1 fully saturated rings. The van der Waals surface area contributed by atoms with Gasteiger partial charge in [0.15, 0.2) is 0 Å². The number of halogens is 3. The van der Waals surface area contributed by atoms with Crippen LogP contribution in [0.15, 0.2) is 6.07 Å². The maximum Gasteiger partial charge on any atom is 0.433 e. The van der Waals surface area contributed by atoms with Crippen molar-refractivity contribution < 1.29 is 18.0 Å². The highest BCUT2D eigenvalue weighted by atomic mass is 32.1.